The molecule has 0 bridgehead atoms. The number of nitrogens with zero attached hydrogens (tertiary/aromatic N) is 3. The molecule has 0 fully saturated rings. The SMILES string of the molecule is OCc1cn(CC2Cc3cc(Br)ccc3O2)nn1. The Morgan fingerprint density at radius 1 is 1.50 bits per heavy atom. The van der Waals surface area contributed by atoms with Gasteiger partial charge >= 0.3 is 0 Å². The lowest BCUT2D eigenvalue weighted by Crippen LogP contribution is -2.21. The van der Waals surface area contributed by atoms with Gasteiger partial charge in [0, 0.05) is 10.9 Å². The van der Waals surface area contributed by atoms with E-state index in [0.717, 1.165) is 16.6 Å². The summed E-state index contributed by atoms with van der Waals surface area (Å²) < 4.78 is 8.61. The van der Waals surface area contributed by atoms with Crippen LogP contribution in [0.5, 0.6) is 5.75 Å². The molecule has 0 radical (unpaired) electrons. The van der Waals surface area contributed by atoms with Crippen molar-refractivity contribution in [2.24, 2.45) is 0 Å². The van der Waals surface area contributed by atoms with Crippen molar-refractivity contribution in [1.82, 2.24) is 15.0 Å². The molecule has 5 nitrogen and oxygen atoms in total. The zero-order chi connectivity index (χ0) is 12.5. The monoisotopic (exact) mass is 309 g/mol. The van der Waals surface area contributed by atoms with E-state index in [2.05, 4.69) is 32.3 Å². The normalized spacial score (nSPS) is 17.6. The maximum atomic E-state index is 8.93. The van der Waals surface area contributed by atoms with E-state index < -0.39 is 0 Å². The summed E-state index contributed by atoms with van der Waals surface area (Å²) in [7, 11) is 0. The summed E-state index contributed by atoms with van der Waals surface area (Å²) in [4.78, 5) is 0. The minimum atomic E-state index is -0.0846. The number of aliphatic hydroxyl groups excluding tert-OH is 1. The highest BCUT2D eigenvalue weighted by Crippen LogP contribution is 2.31. The van der Waals surface area contributed by atoms with Crippen LogP contribution in [0.3, 0.4) is 0 Å². The van der Waals surface area contributed by atoms with Crippen LogP contribution in [0.4, 0.5) is 0 Å². The molecule has 1 aliphatic heterocycles. The number of aliphatic hydroxyl groups is 1. The second-order valence-electron chi connectivity index (χ2n) is 4.29. The Hall–Kier alpha value is -1.40. The van der Waals surface area contributed by atoms with Crippen LogP contribution in [0.2, 0.25) is 0 Å². The predicted octanol–water partition coefficient (Wildman–Crippen LogP) is 1.54. The van der Waals surface area contributed by atoms with E-state index >= 15 is 0 Å². The minimum Gasteiger partial charge on any atom is -0.488 e. The molecule has 1 unspecified atom stereocenters. The maximum absolute atomic E-state index is 8.93. The lowest BCUT2D eigenvalue weighted by atomic mass is 10.1. The quantitative estimate of drug-likeness (QED) is 0.934. The summed E-state index contributed by atoms with van der Waals surface area (Å²) >= 11 is 3.45. The Kier molecular flexibility index (Phi) is 3.05. The Bertz CT molecular complexity index is 570. The van der Waals surface area contributed by atoms with Crippen LogP contribution >= 0.6 is 15.9 Å². The molecule has 1 aromatic carbocycles. The van der Waals surface area contributed by atoms with E-state index in [-0.39, 0.29) is 12.7 Å². The minimum absolute atomic E-state index is 0.0718. The highest BCUT2D eigenvalue weighted by molar-refractivity contribution is 9.10. The van der Waals surface area contributed by atoms with E-state index in [0.29, 0.717) is 12.2 Å². The largest absolute Gasteiger partial charge is 0.488 e. The lowest BCUT2D eigenvalue weighted by molar-refractivity contribution is 0.202. The summed E-state index contributed by atoms with van der Waals surface area (Å²) in [5, 5.41) is 16.7. The van der Waals surface area contributed by atoms with Crippen LogP contribution in [0, 0.1) is 0 Å². The molecular formula is C12H12BrN3O2. The Labute approximate surface area is 113 Å². The molecule has 18 heavy (non-hydrogen) atoms. The Balaban J connectivity index is 1.70. The zero-order valence-electron chi connectivity index (χ0n) is 9.58. The van der Waals surface area contributed by atoms with Crippen molar-refractivity contribution in [2.75, 3.05) is 0 Å². The molecule has 6 heteroatoms. The molecule has 1 aromatic heterocycles. The molecule has 0 aliphatic carbocycles. The molecule has 0 spiro atoms. The summed E-state index contributed by atoms with van der Waals surface area (Å²) in [5.74, 6) is 0.936. The molecule has 0 saturated carbocycles. The number of fused-ring (bicyclic) bond motifs is 1. The number of rotatable bonds is 3. The van der Waals surface area contributed by atoms with Crippen molar-refractivity contribution in [3.63, 3.8) is 0 Å². The van der Waals surface area contributed by atoms with E-state index in [9.17, 15) is 0 Å². The van der Waals surface area contributed by atoms with Gasteiger partial charge in [0.1, 0.15) is 17.5 Å². The number of halogens is 1. The van der Waals surface area contributed by atoms with Gasteiger partial charge in [-0.25, -0.2) is 4.68 Å². The van der Waals surface area contributed by atoms with E-state index in [4.69, 9.17) is 9.84 Å². The number of hydrogen-bond acceptors (Lipinski definition) is 4. The fourth-order valence-electron chi connectivity index (χ4n) is 2.10. The summed E-state index contributed by atoms with van der Waals surface area (Å²) in [6, 6.07) is 6.02. The average Bonchev–Trinajstić information content (AvgIpc) is 2.95. The first-order valence-corrected chi connectivity index (χ1v) is 6.49. The van der Waals surface area contributed by atoms with Gasteiger partial charge in [-0.3, -0.25) is 0 Å². The number of ether oxygens (including phenoxy) is 1. The second-order valence-corrected chi connectivity index (χ2v) is 5.20. The summed E-state index contributed by atoms with van der Waals surface area (Å²) in [6.07, 6.45) is 2.67. The van der Waals surface area contributed by atoms with E-state index in [1.807, 2.05) is 12.1 Å². The van der Waals surface area contributed by atoms with Crippen LogP contribution in [0.25, 0.3) is 0 Å². The highest BCUT2D eigenvalue weighted by atomic mass is 79.9. The molecular weight excluding hydrogens is 298 g/mol. The van der Waals surface area contributed by atoms with Crippen molar-refractivity contribution in [1.29, 1.82) is 0 Å². The molecule has 2 heterocycles. The lowest BCUT2D eigenvalue weighted by Gasteiger charge is -2.09. The number of aromatic nitrogens is 3. The molecule has 1 N–H and O–H groups in total. The molecule has 0 saturated heterocycles. The van der Waals surface area contributed by atoms with Gasteiger partial charge in [-0.05, 0) is 23.8 Å². The first kappa shape index (κ1) is 11.7. The van der Waals surface area contributed by atoms with Gasteiger partial charge in [0.2, 0.25) is 0 Å². The summed E-state index contributed by atoms with van der Waals surface area (Å²) in [5.41, 5.74) is 1.78. The first-order valence-electron chi connectivity index (χ1n) is 5.69. The maximum Gasteiger partial charge on any atom is 0.123 e. The third-order valence-electron chi connectivity index (χ3n) is 2.90. The molecule has 0 amide bonds. The van der Waals surface area contributed by atoms with Gasteiger partial charge in [-0.15, -0.1) is 5.10 Å². The van der Waals surface area contributed by atoms with Gasteiger partial charge in [0.05, 0.1) is 19.3 Å². The standard InChI is InChI=1S/C12H12BrN3O2/c13-9-1-2-12-8(3-9)4-11(18-12)6-16-5-10(7-17)14-15-16/h1-3,5,11,17H,4,6-7H2. The van der Waals surface area contributed by atoms with Gasteiger partial charge in [0.15, 0.2) is 0 Å². The van der Waals surface area contributed by atoms with Gasteiger partial charge in [-0.2, -0.15) is 0 Å². The second kappa shape index (κ2) is 4.70. The van der Waals surface area contributed by atoms with Crippen LogP contribution in [-0.2, 0) is 19.6 Å². The molecule has 2 aromatic rings. The van der Waals surface area contributed by atoms with Crippen molar-refractivity contribution in [3.05, 3.63) is 40.1 Å². The van der Waals surface area contributed by atoms with Gasteiger partial charge in [0.25, 0.3) is 0 Å². The van der Waals surface area contributed by atoms with E-state index in [1.54, 1.807) is 10.9 Å². The molecule has 94 valence electrons. The first-order chi connectivity index (χ1) is 8.74. The molecule has 1 atom stereocenters. The predicted molar refractivity (Wildman–Crippen MR) is 68.2 cm³/mol. The van der Waals surface area contributed by atoms with E-state index in [1.165, 1.54) is 5.56 Å². The van der Waals surface area contributed by atoms with Crippen molar-refractivity contribution in [3.8, 4) is 5.75 Å². The Morgan fingerprint density at radius 3 is 3.17 bits per heavy atom. The van der Waals surface area contributed by atoms with Crippen molar-refractivity contribution < 1.29 is 9.84 Å². The third kappa shape index (κ3) is 2.26. The van der Waals surface area contributed by atoms with Crippen LogP contribution in [-0.4, -0.2) is 26.2 Å². The van der Waals surface area contributed by atoms with Gasteiger partial charge in [-0.1, -0.05) is 21.1 Å². The smallest absolute Gasteiger partial charge is 0.123 e. The molecule has 3 rings (SSSR count). The fraction of sp³-hybridized carbons (Fsp3) is 0.333. The Morgan fingerprint density at radius 2 is 2.39 bits per heavy atom. The van der Waals surface area contributed by atoms with Crippen molar-refractivity contribution in [2.45, 2.75) is 25.7 Å². The van der Waals surface area contributed by atoms with Crippen LogP contribution in [0.15, 0.2) is 28.9 Å². The zero-order valence-corrected chi connectivity index (χ0v) is 11.2. The third-order valence-corrected chi connectivity index (χ3v) is 3.40. The number of hydrogen-bond donors (Lipinski definition) is 1. The molecule has 1 aliphatic rings. The van der Waals surface area contributed by atoms with Crippen molar-refractivity contribution >= 4 is 15.9 Å². The van der Waals surface area contributed by atoms with Gasteiger partial charge < -0.3 is 9.84 Å². The summed E-state index contributed by atoms with van der Waals surface area (Å²) in [6.45, 7) is 0.554. The van der Waals surface area contributed by atoms with Crippen LogP contribution in [0.1, 0.15) is 11.3 Å². The topological polar surface area (TPSA) is 60.2 Å². The highest BCUT2D eigenvalue weighted by Gasteiger charge is 2.23. The van der Waals surface area contributed by atoms with Crippen LogP contribution < -0.4 is 4.74 Å². The number of benzene rings is 1. The average molecular weight is 310 g/mol. The fourth-order valence-corrected chi connectivity index (χ4v) is 2.51.